The van der Waals surface area contributed by atoms with Crippen molar-refractivity contribution in [3.8, 4) is 0 Å². The van der Waals surface area contributed by atoms with Gasteiger partial charge in [-0.05, 0) is 23.4 Å². The van der Waals surface area contributed by atoms with Crippen LogP contribution in [-0.2, 0) is 0 Å². The minimum Gasteiger partial charge on any atom is -0.126 e. The number of hydrogen-bond acceptors (Lipinski definition) is 0. The molecule has 2 heteroatoms. The van der Waals surface area contributed by atoms with E-state index in [1.807, 2.05) is 0 Å². The molecule has 0 aliphatic carbocycles. The maximum Gasteiger partial charge on any atom is -0.0226 e. The van der Waals surface area contributed by atoms with Gasteiger partial charge in [-0.15, -0.1) is 8.58 Å². The summed E-state index contributed by atoms with van der Waals surface area (Å²) in [6.45, 7) is 4.40. The first kappa shape index (κ1) is 14.4. The van der Waals surface area contributed by atoms with Crippen LogP contribution in [0.25, 0.3) is 0 Å². The van der Waals surface area contributed by atoms with E-state index in [-0.39, 0.29) is 0 Å². The molecule has 1 unspecified atom stereocenters. The Morgan fingerprint density at radius 2 is 1.12 bits per heavy atom. The third-order valence-electron chi connectivity index (χ3n) is 2.19. The van der Waals surface area contributed by atoms with Gasteiger partial charge in [0.2, 0.25) is 0 Å². The van der Waals surface area contributed by atoms with Crippen molar-refractivity contribution < 1.29 is 0 Å². The summed E-state index contributed by atoms with van der Waals surface area (Å²) in [6.07, 6.45) is 1.35. The summed E-state index contributed by atoms with van der Waals surface area (Å²) in [5.74, 6) is 0. The first-order valence-corrected chi connectivity index (χ1v) is 8.59. The number of benzene rings is 2. The lowest BCUT2D eigenvalue weighted by atomic mass is 10.4. The summed E-state index contributed by atoms with van der Waals surface area (Å²) in [7, 11) is 1.92. The van der Waals surface area contributed by atoms with Crippen molar-refractivity contribution in [3.05, 3.63) is 60.7 Å². The van der Waals surface area contributed by atoms with Gasteiger partial charge < -0.3 is 0 Å². The number of hydrogen-bond donors (Lipinski definition) is 0. The fourth-order valence-corrected chi connectivity index (χ4v) is 2.26. The van der Waals surface area contributed by atoms with Crippen LogP contribution in [0.1, 0.15) is 6.92 Å². The molecule has 0 saturated carbocycles. The van der Waals surface area contributed by atoms with Gasteiger partial charge in [-0.1, -0.05) is 76.2 Å². The van der Waals surface area contributed by atoms with Gasteiger partial charge in [0.05, 0.1) is 0 Å². The molecular weight excluding hydrogens is 242 g/mol. The molecule has 0 bridgehead atoms. The van der Waals surface area contributed by atoms with E-state index in [9.17, 15) is 0 Å². The second-order valence-corrected chi connectivity index (χ2v) is 6.38. The average molecular weight is 262 g/mol. The van der Waals surface area contributed by atoms with Crippen LogP contribution < -0.4 is 10.6 Å². The molecule has 90 valence electrons. The van der Waals surface area contributed by atoms with E-state index in [1.54, 1.807) is 0 Å². The van der Waals surface area contributed by atoms with Crippen molar-refractivity contribution in [2.45, 2.75) is 6.92 Å². The zero-order valence-corrected chi connectivity index (χ0v) is 12.5. The molecule has 0 aliphatic heterocycles. The van der Waals surface area contributed by atoms with E-state index >= 15 is 0 Å². The minimum atomic E-state index is 0.777. The highest BCUT2D eigenvalue weighted by Crippen LogP contribution is 2.08. The Bertz CT molecular complexity index is 345. The fourth-order valence-electron chi connectivity index (χ4n) is 1.21. The van der Waals surface area contributed by atoms with Crippen molar-refractivity contribution in [1.82, 2.24) is 0 Å². The van der Waals surface area contributed by atoms with Crippen molar-refractivity contribution in [2.24, 2.45) is 0 Å². The maximum atomic E-state index is 2.21. The van der Waals surface area contributed by atoms with Crippen LogP contribution in [0.5, 0.6) is 0 Å². The lowest BCUT2D eigenvalue weighted by Gasteiger charge is -2.00. The van der Waals surface area contributed by atoms with Gasteiger partial charge in [0.15, 0.2) is 0 Å². The van der Waals surface area contributed by atoms with Gasteiger partial charge in [0, 0.05) is 0 Å². The highest BCUT2D eigenvalue weighted by Gasteiger charge is 1.92. The molecular formula is C15H20P2. The molecule has 2 aromatic carbocycles. The molecule has 0 aliphatic rings. The standard InChI is InChI=1S/C12H11P.C3H9P/c1-3-7-11(8-4-1)13-12-9-5-2-6-10-12;1-3-4-2/h1-10,13H;4H,3H2,1-2H3. The molecule has 0 radical (unpaired) electrons. The zero-order chi connectivity index (χ0) is 12.3. The maximum absolute atomic E-state index is 2.21. The van der Waals surface area contributed by atoms with E-state index < -0.39 is 0 Å². The molecule has 0 aromatic heterocycles. The van der Waals surface area contributed by atoms with Gasteiger partial charge in [0.25, 0.3) is 0 Å². The zero-order valence-electron chi connectivity index (χ0n) is 10.5. The van der Waals surface area contributed by atoms with Crippen LogP contribution in [-0.4, -0.2) is 12.8 Å². The van der Waals surface area contributed by atoms with Crippen LogP contribution in [0.3, 0.4) is 0 Å². The molecule has 0 spiro atoms. The molecule has 2 rings (SSSR count). The SMILES string of the molecule is CCPC.c1ccc(Pc2ccccc2)cc1. The van der Waals surface area contributed by atoms with Crippen molar-refractivity contribution in [1.29, 1.82) is 0 Å². The van der Waals surface area contributed by atoms with Crippen LogP contribution >= 0.6 is 17.2 Å². The van der Waals surface area contributed by atoms with Crippen LogP contribution in [0, 0.1) is 0 Å². The molecule has 2 aromatic rings. The van der Waals surface area contributed by atoms with E-state index in [2.05, 4.69) is 74.3 Å². The number of rotatable bonds is 3. The highest BCUT2D eigenvalue weighted by atomic mass is 31.1. The predicted octanol–water partition coefficient (Wildman–Crippen LogP) is 3.63. The molecule has 0 heterocycles. The molecule has 0 amide bonds. The fraction of sp³-hybridized carbons (Fsp3) is 0.200. The van der Waals surface area contributed by atoms with Crippen LogP contribution in [0.4, 0.5) is 0 Å². The lowest BCUT2D eigenvalue weighted by Crippen LogP contribution is -2.01. The highest BCUT2D eigenvalue weighted by molar-refractivity contribution is 7.55. The van der Waals surface area contributed by atoms with E-state index in [0.717, 1.165) is 17.2 Å². The van der Waals surface area contributed by atoms with Gasteiger partial charge in [0.1, 0.15) is 0 Å². The molecule has 17 heavy (non-hydrogen) atoms. The quantitative estimate of drug-likeness (QED) is 0.741. The average Bonchev–Trinajstić information content (AvgIpc) is 2.41. The normalized spacial score (nSPS) is 10.0. The van der Waals surface area contributed by atoms with Crippen molar-refractivity contribution in [3.63, 3.8) is 0 Å². The third-order valence-corrected chi connectivity index (χ3v) is 4.14. The van der Waals surface area contributed by atoms with Crippen molar-refractivity contribution >= 4 is 27.8 Å². The van der Waals surface area contributed by atoms with Gasteiger partial charge in [-0.25, -0.2) is 0 Å². The van der Waals surface area contributed by atoms with Crippen LogP contribution in [0.15, 0.2) is 60.7 Å². The Balaban J connectivity index is 0.000000317. The second-order valence-electron chi connectivity index (χ2n) is 3.56. The Hall–Kier alpha value is -0.700. The summed E-state index contributed by atoms with van der Waals surface area (Å²) in [4.78, 5) is 0. The predicted molar refractivity (Wildman–Crippen MR) is 85.2 cm³/mol. The summed E-state index contributed by atoms with van der Waals surface area (Å²) < 4.78 is 0. The first-order valence-electron chi connectivity index (χ1n) is 5.88. The van der Waals surface area contributed by atoms with Gasteiger partial charge in [-0.3, -0.25) is 0 Å². The topological polar surface area (TPSA) is 0 Å². The van der Waals surface area contributed by atoms with Crippen LogP contribution in [0.2, 0.25) is 0 Å². The molecule has 0 fully saturated rings. The Morgan fingerprint density at radius 1 is 0.765 bits per heavy atom. The Labute approximate surface area is 108 Å². The first-order chi connectivity index (χ1) is 8.36. The molecule has 0 saturated heterocycles. The Kier molecular flexibility index (Phi) is 7.89. The largest absolute Gasteiger partial charge is 0.126 e. The monoisotopic (exact) mass is 262 g/mol. The molecule has 0 N–H and O–H groups in total. The molecule has 0 nitrogen and oxygen atoms in total. The smallest absolute Gasteiger partial charge is 0.0226 e. The second kappa shape index (κ2) is 9.34. The van der Waals surface area contributed by atoms with Gasteiger partial charge >= 0.3 is 0 Å². The van der Waals surface area contributed by atoms with E-state index in [4.69, 9.17) is 0 Å². The van der Waals surface area contributed by atoms with Crippen molar-refractivity contribution in [2.75, 3.05) is 12.8 Å². The lowest BCUT2D eigenvalue weighted by molar-refractivity contribution is 1.52. The Morgan fingerprint density at radius 3 is 1.41 bits per heavy atom. The van der Waals surface area contributed by atoms with Gasteiger partial charge in [-0.2, -0.15) is 0 Å². The summed E-state index contributed by atoms with van der Waals surface area (Å²) in [5.41, 5.74) is 0. The summed E-state index contributed by atoms with van der Waals surface area (Å²) in [5, 5.41) is 2.79. The third kappa shape index (κ3) is 6.57. The summed E-state index contributed by atoms with van der Waals surface area (Å²) in [6, 6.07) is 21.2. The summed E-state index contributed by atoms with van der Waals surface area (Å²) >= 11 is 0. The van der Waals surface area contributed by atoms with E-state index in [0.29, 0.717) is 0 Å². The molecule has 1 atom stereocenters. The minimum absolute atomic E-state index is 0.777. The van der Waals surface area contributed by atoms with E-state index in [1.165, 1.54) is 16.8 Å².